The second-order valence-corrected chi connectivity index (χ2v) is 10.5. The second kappa shape index (κ2) is 8.21. The Kier molecular flexibility index (Phi) is 5.12. The van der Waals surface area contributed by atoms with Crippen molar-refractivity contribution in [1.29, 1.82) is 0 Å². The van der Waals surface area contributed by atoms with Crippen molar-refractivity contribution in [3.8, 4) is 11.5 Å². The molecule has 1 fully saturated rings. The van der Waals surface area contributed by atoms with Gasteiger partial charge in [-0.3, -0.25) is 14.5 Å². The number of Topliss-reactive ketones (excluding diaryl/α,β-unsaturated/α-hetero) is 1. The molecule has 0 aliphatic carbocycles. The molecule has 2 aliphatic heterocycles. The summed E-state index contributed by atoms with van der Waals surface area (Å²) >= 11 is 2.72. The molecule has 1 amide bonds. The number of amides is 1. The molecule has 9 heteroatoms. The number of aliphatic hydroxyl groups is 1. The zero-order valence-electron chi connectivity index (χ0n) is 18.8. The number of carbonyl (C=O) groups is 2. The summed E-state index contributed by atoms with van der Waals surface area (Å²) in [6.45, 7) is 1.98. The number of aromatic nitrogens is 1. The first kappa shape index (κ1) is 21.8. The number of benzene rings is 2. The van der Waals surface area contributed by atoms with Crippen molar-refractivity contribution in [2.75, 3.05) is 12.0 Å². The Balaban J connectivity index is 1.50. The Morgan fingerprint density at radius 2 is 2.06 bits per heavy atom. The van der Waals surface area contributed by atoms with E-state index in [-0.39, 0.29) is 17.4 Å². The van der Waals surface area contributed by atoms with Crippen LogP contribution in [0.25, 0.3) is 16.0 Å². The van der Waals surface area contributed by atoms with Crippen molar-refractivity contribution in [3.05, 3.63) is 75.5 Å². The molecule has 2 aromatic carbocycles. The zero-order valence-corrected chi connectivity index (χ0v) is 20.5. The summed E-state index contributed by atoms with van der Waals surface area (Å²) in [6.07, 6.45) is 0.769. The molecule has 176 valence electrons. The highest BCUT2D eigenvalue weighted by atomic mass is 32.1. The van der Waals surface area contributed by atoms with Gasteiger partial charge in [0.05, 0.1) is 22.9 Å². The summed E-state index contributed by atoms with van der Waals surface area (Å²) in [5.74, 6) is -0.194. The molecular formula is C26H20N2O5S2. The van der Waals surface area contributed by atoms with Gasteiger partial charge in [-0.2, -0.15) is 0 Å². The first-order chi connectivity index (χ1) is 16.9. The molecule has 2 atom stereocenters. The fourth-order valence-electron chi connectivity index (χ4n) is 4.59. The zero-order chi connectivity index (χ0) is 24.3. The third kappa shape index (κ3) is 3.50. The van der Waals surface area contributed by atoms with E-state index in [1.807, 2.05) is 42.6 Å². The lowest BCUT2D eigenvalue weighted by Crippen LogP contribution is -2.28. The highest BCUT2D eigenvalue weighted by Crippen LogP contribution is 2.46. The van der Waals surface area contributed by atoms with E-state index in [9.17, 15) is 14.7 Å². The van der Waals surface area contributed by atoms with E-state index < -0.39 is 17.7 Å². The maximum atomic E-state index is 13.3. The number of hydrogen-bond donors (Lipinski definition) is 1. The van der Waals surface area contributed by atoms with Crippen LogP contribution in [0, 0.1) is 0 Å². The van der Waals surface area contributed by atoms with E-state index >= 15 is 0 Å². The fourth-order valence-corrected chi connectivity index (χ4v) is 6.44. The maximum absolute atomic E-state index is 13.3. The van der Waals surface area contributed by atoms with Gasteiger partial charge >= 0.3 is 5.91 Å². The Labute approximate surface area is 208 Å². The topological polar surface area (TPSA) is 89.0 Å². The molecular weight excluding hydrogens is 484 g/mol. The number of aliphatic hydroxyl groups excluding tert-OH is 1. The van der Waals surface area contributed by atoms with Crippen molar-refractivity contribution in [3.63, 3.8) is 0 Å². The summed E-state index contributed by atoms with van der Waals surface area (Å²) in [5.41, 5.74) is 2.20. The van der Waals surface area contributed by atoms with Gasteiger partial charge in [0.15, 0.2) is 5.13 Å². The minimum Gasteiger partial charge on any atom is -0.507 e. The van der Waals surface area contributed by atoms with Crippen LogP contribution in [0.5, 0.6) is 11.5 Å². The number of hydrogen-bond acceptors (Lipinski definition) is 8. The minimum atomic E-state index is -0.777. The number of anilines is 1. The van der Waals surface area contributed by atoms with Crippen molar-refractivity contribution in [2.24, 2.45) is 0 Å². The van der Waals surface area contributed by atoms with Crippen LogP contribution < -0.4 is 14.4 Å². The summed E-state index contributed by atoms with van der Waals surface area (Å²) < 4.78 is 11.9. The lowest BCUT2D eigenvalue weighted by atomic mass is 9.98. The van der Waals surface area contributed by atoms with Crippen LogP contribution in [0.15, 0.2) is 59.5 Å². The normalized spacial score (nSPS) is 20.9. The largest absolute Gasteiger partial charge is 0.507 e. The molecule has 2 unspecified atom stereocenters. The standard InChI is InChI=1S/C26H20N2O5S2/c1-13-10-15-11-14(5-8-18(15)33-13)23(29)21-22(19-4-3-9-34-19)28(25(31)24(21)30)26-27-17-7-6-16(32-2)12-20(17)35-26/h3-9,11-13,22,29H,10H2,1-2H3. The van der Waals surface area contributed by atoms with Gasteiger partial charge in [-0.05, 0) is 60.3 Å². The predicted octanol–water partition coefficient (Wildman–Crippen LogP) is 5.32. The molecule has 0 saturated carbocycles. The highest BCUT2D eigenvalue weighted by molar-refractivity contribution is 7.22. The Morgan fingerprint density at radius 1 is 1.20 bits per heavy atom. The number of nitrogens with zero attached hydrogens (tertiary/aromatic N) is 2. The van der Waals surface area contributed by atoms with Crippen molar-refractivity contribution in [2.45, 2.75) is 25.5 Å². The van der Waals surface area contributed by atoms with Crippen LogP contribution in [-0.4, -0.2) is 35.0 Å². The number of rotatable bonds is 4. The first-order valence-corrected chi connectivity index (χ1v) is 12.7. The molecule has 0 radical (unpaired) electrons. The van der Waals surface area contributed by atoms with Gasteiger partial charge in [0.1, 0.15) is 29.4 Å². The van der Waals surface area contributed by atoms with Crippen LogP contribution in [0.4, 0.5) is 5.13 Å². The van der Waals surface area contributed by atoms with Gasteiger partial charge < -0.3 is 14.6 Å². The van der Waals surface area contributed by atoms with Gasteiger partial charge in [0.2, 0.25) is 0 Å². The Bertz CT molecular complexity index is 1520. The molecule has 4 heterocycles. The molecule has 1 N–H and O–H groups in total. The van der Waals surface area contributed by atoms with Crippen molar-refractivity contribution >= 4 is 55.5 Å². The fraction of sp³-hybridized carbons (Fsp3) is 0.192. The average Bonchev–Trinajstić information content (AvgIpc) is 3.63. The molecule has 7 nitrogen and oxygen atoms in total. The predicted molar refractivity (Wildman–Crippen MR) is 136 cm³/mol. The second-order valence-electron chi connectivity index (χ2n) is 8.47. The van der Waals surface area contributed by atoms with Gasteiger partial charge in [0.25, 0.3) is 5.78 Å². The van der Waals surface area contributed by atoms with Gasteiger partial charge in [-0.15, -0.1) is 11.3 Å². The third-order valence-corrected chi connectivity index (χ3v) is 8.16. The van der Waals surface area contributed by atoms with E-state index in [0.29, 0.717) is 28.4 Å². The number of ether oxygens (including phenoxy) is 2. The maximum Gasteiger partial charge on any atom is 0.301 e. The molecule has 4 aromatic rings. The van der Waals surface area contributed by atoms with Crippen molar-refractivity contribution < 1.29 is 24.2 Å². The van der Waals surface area contributed by atoms with E-state index in [0.717, 1.165) is 20.9 Å². The molecule has 0 spiro atoms. The number of thiophene rings is 1. The molecule has 35 heavy (non-hydrogen) atoms. The van der Waals surface area contributed by atoms with E-state index in [2.05, 4.69) is 4.98 Å². The summed E-state index contributed by atoms with van der Waals surface area (Å²) in [4.78, 5) is 33.5. The van der Waals surface area contributed by atoms with Gasteiger partial charge in [0, 0.05) is 16.9 Å². The third-order valence-electron chi connectivity index (χ3n) is 6.22. The SMILES string of the molecule is COc1ccc2nc(N3C(=O)C(=O)C(=C(O)c4ccc5c(c4)CC(C)O5)C3c3cccs3)sc2c1. The smallest absolute Gasteiger partial charge is 0.301 e. The lowest BCUT2D eigenvalue weighted by Gasteiger charge is -2.21. The minimum absolute atomic E-state index is 0.0526. The van der Waals surface area contributed by atoms with E-state index in [1.54, 1.807) is 25.3 Å². The number of ketones is 1. The highest BCUT2D eigenvalue weighted by Gasteiger charge is 2.48. The number of methoxy groups -OCH3 is 1. The molecule has 2 aromatic heterocycles. The number of carbonyl (C=O) groups excluding carboxylic acids is 2. The molecule has 6 rings (SSSR count). The van der Waals surface area contributed by atoms with Crippen molar-refractivity contribution in [1.82, 2.24) is 4.98 Å². The molecule has 1 saturated heterocycles. The van der Waals surface area contributed by atoms with E-state index in [4.69, 9.17) is 9.47 Å². The Hall–Kier alpha value is -3.69. The first-order valence-electron chi connectivity index (χ1n) is 11.0. The average molecular weight is 505 g/mol. The van der Waals surface area contributed by atoms with Crippen LogP contribution in [0.2, 0.25) is 0 Å². The Morgan fingerprint density at radius 3 is 2.83 bits per heavy atom. The number of thiazole rings is 1. The van der Waals surface area contributed by atoms with Gasteiger partial charge in [-0.1, -0.05) is 17.4 Å². The van der Waals surface area contributed by atoms with Crippen LogP contribution in [0.3, 0.4) is 0 Å². The van der Waals surface area contributed by atoms with Crippen LogP contribution in [-0.2, 0) is 16.0 Å². The lowest BCUT2D eigenvalue weighted by molar-refractivity contribution is -0.132. The summed E-state index contributed by atoms with van der Waals surface area (Å²) in [7, 11) is 1.59. The van der Waals surface area contributed by atoms with E-state index in [1.165, 1.54) is 27.6 Å². The monoisotopic (exact) mass is 504 g/mol. The number of fused-ring (bicyclic) bond motifs is 2. The van der Waals surface area contributed by atoms with Gasteiger partial charge in [-0.25, -0.2) is 4.98 Å². The molecule has 2 aliphatic rings. The summed E-state index contributed by atoms with van der Waals surface area (Å²) in [6, 6.07) is 13.7. The quantitative estimate of drug-likeness (QED) is 0.230. The molecule has 0 bridgehead atoms. The summed E-state index contributed by atoms with van der Waals surface area (Å²) in [5, 5.41) is 13.6. The van der Waals surface area contributed by atoms with Crippen LogP contribution >= 0.6 is 22.7 Å². The van der Waals surface area contributed by atoms with Crippen LogP contribution in [0.1, 0.15) is 29.0 Å².